The molecule has 1 saturated heterocycles. The number of oxime groups is 1. The number of hydrogen-bond acceptors (Lipinski definition) is 6. The van der Waals surface area contributed by atoms with Gasteiger partial charge in [-0.05, 0) is 55.8 Å². The molecule has 1 aliphatic heterocycles. The quantitative estimate of drug-likeness (QED) is 0.305. The number of nitrogens with two attached hydrogens (primary N) is 1. The predicted octanol–water partition coefficient (Wildman–Crippen LogP) is 2.54. The van der Waals surface area contributed by atoms with E-state index in [0.29, 0.717) is 19.6 Å². The molecule has 1 aromatic heterocycles. The van der Waals surface area contributed by atoms with Crippen LogP contribution in [0.15, 0.2) is 59.8 Å². The summed E-state index contributed by atoms with van der Waals surface area (Å²) in [6.07, 6.45) is 0. The van der Waals surface area contributed by atoms with E-state index < -0.39 is 0 Å². The lowest BCUT2D eigenvalue weighted by molar-refractivity contribution is -0.136. The van der Waals surface area contributed by atoms with Gasteiger partial charge in [0.25, 0.3) is 5.91 Å². The third kappa shape index (κ3) is 6.11. The van der Waals surface area contributed by atoms with Crippen molar-refractivity contribution >= 4 is 17.4 Å². The van der Waals surface area contributed by atoms with Gasteiger partial charge in [-0.25, -0.2) is 0 Å². The van der Waals surface area contributed by atoms with Crippen LogP contribution >= 0.6 is 0 Å². The van der Waals surface area contributed by atoms with E-state index in [9.17, 15) is 4.79 Å². The van der Waals surface area contributed by atoms with Crippen LogP contribution in [0.25, 0.3) is 0 Å². The lowest BCUT2D eigenvalue weighted by atomic mass is 10.1. The lowest BCUT2D eigenvalue weighted by Gasteiger charge is -2.35. The molecular formula is C26H32N6O3. The second-order valence-corrected chi connectivity index (χ2v) is 8.60. The summed E-state index contributed by atoms with van der Waals surface area (Å²) in [5, 5.41) is 8.48. The number of ether oxygens (including phenoxy) is 1. The standard InChI is InChI=1S/C26H32N6O3/c1-19-15-20(2)32(28-19)17-21-5-4-6-22(16-21)26(27)29-35-18-25(33)31-13-11-30(12-14-31)23-7-9-24(34-3)10-8-23/h4-10,15-16H,11-14,17-18H2,1-3H3,(H2,27,29). The number of hydrogen-bond donors (Lipinski definition) is 1. The van der Waals surface area contributed by atoms with Crippen LogP contribution in [0, 0.1) is 13.8 Å². The minimum Gasteiger partial charge on any atom is -0.497 e. The summed E-state index contributed by atoms with van der Waals surface area (Å²) < 4.78 is 7.16. The molecule has 0 radical (unpaired) electrons. The molecular weight excluding hydrogens is 444 g/mol. The Morgan fingerprint density at radius 1 is 1.06 bits per heavy atom. The third-order valence-corrected chi connectivity index (χ3v) is 6.08. The SMILES string of the molecule is COc1ccc(N2CCN(C(=O)CO/N=C(/N)c3cccc(Cn4nc(C)cc4C)c3)CC2)cc1. The second kappa shape index (κ2) is 10.9. The Bertz CT molecular complexity index is 1180. The van der Waals surface area contributed by atoms with Gasteiger partial charge in [0.2, 0.25) is 0 Å². The van der Waals surface area contributed by atoms with Crippen molar-refractivity contribution < 1.29 is 14.4 Å². The van der Waals surface area contributed by atoms with Gasteiger partial charge in [-0.3, -0.25) is 9.48 Å². The molecule has 0 spiro atoms. The minimum absolute atomic E-state index is 0.103. The number of carbonyl (C=O) groups excluding carboxylic acids is 1. The van der Waals surface area contributed by atoms with Crippen molar-refractivity contribution in [3.63, 3.8) is 0 Å². The number of aryl methyl sites for hydroxylation is 2. The van der Waals surface area contributed by atoms with Crippen molar-refractivity contribution in [2.75, 3.05) is 44.8 Å². The molecule has 4 rings (SSSR count). The number of nitrogens with zero attached hydrogens (tertiary/aromatic N) is 5. The number of aromatic nitrogens is 2. The van der Waals surface area contributed by atoms with Crippen LogP contribution in [0.4, 0.5) is 5.69 Å². The van der Waals surface area contributed by atoms with E-state index in [4.69, 9.17) is 15.3 Å². The maximum Gasteiger partial charge on any atom is 0.263 e. The van der Waals surface area contributed by atoms with Gasteiger partial charge in [0.1, 0.15) is 5.75 Å². The van der Waals surface area contributed by atoms with Crippen LogP contribution < -0.4 is 15.4 Å². The van der Waals surface area contributed by atoms with Gasteiger partial charge in [0, 0.05) is 43.1 Å². The van der Waals surface area contributed by atoms with Gasteiger partial charge in [-0.2, -0.15) is 5.10 Å². The average molecular weight is 477 g/mol. The highest BCUT2D eigenvalue weighted by Crippen LogP contribution is 2.20. The van der Waals surface area contributed by atoms with Crippen molar-refractivity contribution in [1.82, 2.24) is 14.7 Å². The molecule has 1 fully saturated rings. The van der Waals surface area contributed by atoms with Gasteiger partial charge >= 0.3 is 0 Å². The van der Waals surface area contributed by atoms with Crippen LogP contribution in [-0.2, 0) is 16.2 Å². The molecule has 1 aliphatic rings. The number of methoxy groups -OCH3 is 1. The molecule has 35 heavy (non-hydrogen) atoms. The second-order valence-electron chi connectivity index (χ2n) is 8.60. The van der Waals surface area contributed by atoms with Gasteiger partial charge in [-0.15, -0.1) is 0 Å². The molecule has 0 aliphatic carbocycles. The zero-order valence-electron chi connectivity index (χ0n) is 20.5. The molecule has 0 saturated carbocycles. The summed E-state index contributed by atoms with van der Waals surface area (Å²) in [5.41, 5.74) is 11.1. The normalized spacial score (nSPS) is 14.2. The predicted molar refractivity (Wildman–Crippen MR) is 136 cm³/mol. The zero-order chi connectivity index (χ0) is 24.8. The molecule has 0 unspecified atom stereocenters. The van der Waals surface area contributed by atoms with Crippen LogP contribution in [0.2, 0.25) is 0 Å². The summed E-state index contributed by atoms with van der Waals surface area (Å²) in [6, 6.07) is 17.8. The first-order chi connectivity index (χ1) is 16.9. The molecule has 9 heteroatoms. The number of piperazine rings is 1. The minimum atomic E-state index is -0.144. The van der Waals surface area contributed by atoms with Gasteiger partial charge in [0.05, 0.1) is 19.3 Å². The molecule has 2 heterocycles. The lowest BCUT2D eigenvalue weighted by Crippen LogP contribution is -2.49. The van der Waals surface area contributed by atoms with E-state index in [1.54, 1.807) is 12.0 Å². The van der Waals surface area contributed by atoms with Crippen molar-refractivity contribution in [1.29, 1.82) is 0 Å². The van der Waals surface area contributed by atoms with E-state index in [0.717, 1.165) is 47.0 Å². The first kappa shape index (κ1) is 24.1. The highest BCUT2D eigenvalue weighted by Gasteiger charge is 2.21. The van der Waals surface area contributed by atoms with Crippen LogP contribution in [0.1, 0.15) is 22.5 Å². The van der Waals surface area contributed by atoms with Crippen molar-refractivity contribution in [2.24, 2.45) is 10.9 Å². The Balaban J connectivity index is 1.26. The highest BCUT2D eigenvalue weighted by atomic mass is 16.6. The van der Waals surface area contributed by atoms with Crippen LogP contribution in [-0.4, -0.2) is 66.3 Å². The maximum atomic E-state index is 12.6. The summed E-state index contributed by atoms with van der Waals surface area (Å²) in [6.45, 7) is 7.27. The molecule has 184 valence electrons. The van der Waals surface area contributed by atoms with Crippen molar-refractivity contribution in [3.05, 3.63) is 77.1 Å². The van der Waals surface area contributed by atoms with E-state index in [1.165, 1.54) is 0 Å². The van der Waals surface area contributed by atoms with E-state index in [1.807, 2.05) is 73.1 Å². The van der Waals surface area contributed by atoms with Crippen molar-refractivity contribution in [3.8, 4) is 5.75 Å². The number of rotatable bonds is 8. The van der Waals surface area contributed by atoms with Crippen molar-refractivity contribution in [2.45, 2.75) is 20.4 Å². The number of benzene rings is 2. The summed E-state index contributed by atoms with van der Waals surface area (Å²) in [5.74, 6) is 0.959. The largest absolute Gasteiger partial charge is 0.497 e. The van der Waals surface area contributed by atoms with Crippen LogP contribution in [0.3, 0.4) is 0 Å². The monoisotopic (exact) mass is 476 g/mol. The van der Waals surface area contributed by atoms with Gasteiger partial charge in [-0.1, -0.05) is 23.4 Å². The summed E-state index contributed by atoms with van der Waals surface area (Å²) >= 11 is 0. The fraction of sp³-hybridized carbons (Fsp3) is 0.346. The molecule has 2 N–H and O–H groups in total. The Morgan fingerprint density at radius 2 is 1.80 bits per heavy atom. The Morgan fingerprint density at radius 3 is 2.46 bits per heavy atom. The van der Waals surface area contributed by atoms with Gasteiger partial charge in [0.15, 0.2) is 12.4 Å². The first-order valence-corrected chi connectivity index (χ1v) is 11.7. The summed E-state index contributed by atoms with van der Waals surface area (Å²) in [7, 11) is 1.65. The number of amides is 1. The Labute approximate surface area is 205 Å². The van der Waals surface area contributed by atoms with E-state index in [-0.39, 0.29) is 18.3 Å². The zero-order valence-corrected chi connectivity index (χ0v) is 20.5. The molecule has 0 bridgehead atoms. The molecule has 1 amide bonds. The molecule has 9 nitrogen and oxygen atoms in total. The maximum absolute atomic E-state index is 12.6. The molecule has 0 atom stereocenters. The third-order valence-electron chi connectivity index (χ3n) is 6.08. The number of carbonyl (C=O) groups is 1. The molecule has 2 aromatic carbocycles. The number of amidine groups is 1. The fourth-order valence-electron chi connectivity index (χ4n) is 4.15. The molecule has 3 aromatic rings. The average Bonchev–Trinajstić information content (AvgIpc) is 3.20. The number of anilines is 1. The summed E-state index contributed by atoms with van der Waals surface area (Å²) in [4.78, 5) is 21.9. The highest BCUT2D eigenvalue weighted by molar-refractivity contribution is 5.97. The fourth-order valence-corrected chi connectivity index (χ4v) is 4.15. The smallest absolute Gasteiger partial charge is 0.263 e. The van der Waals surface area contributed by atoms with Crippen LogP contribution in [0.5, 0.6) is 5.75 Å². The van der Waals surface area contributed by atoms with E-state index >= 15 is 0 Å². The van der Waals surface area contributed by atoms with Gasteiger partial charge < -0.3 is 25.1 Å². The Hall–Kier alpha value is -4.01. The van der Waals surface area contributed by atoms with E-state index in [2.05, 4.69) is 15.2 Å². The Kier molecular flexibility index (Phi) is 7.54. The topological polar surface area (TPSA) is 98.2 Å². The first-order valence-electron chi connectivity index (χ1n) is 11.7.